The zero-order valence-electron chi connectivity index (χ0n) is 12.3. The molecule has 3 heteroatoms. The van der Waals surface area contributed by atoms with Crippen molar-refractivity contribution in [2.45, 2.75) is 11.6 Å². The normalized spacial score (nSPS) is 27.8. The lowest BCUT2D eigenvalue weighted by molar-refractivity contribution is -0.351. The molecular formula is C20H14O3. The van der Waals surface area contributed by atoms with E-state index in [0.717, 1.165) is 22.3 Å². The van der Waals surface area contributed by atoms with Crippen molar-refractivity contribution in [1.82, 2.24) is 0 Å². The van der Waals surface area contributed by atoms with E-state index in [1.807, 2.05) is 84.9 Å². The first kappa shape index (κ1) is 13.0. The Hall–Kier alpha value is -2.46. The van der Waals surface area contributed by atoms with E-state index >= 15 is 0 Å². The Morgan fingerprint density at radius 1 is 0.478 bits per heavy atom. The minimum Gasteiger partial charge on any atom is -0.296 e. The van der Waals surface area contributed by atoms with Crippen LogP contribution in [0, 0.1) is 0 Å². The molecule has 0 aromatic heterocycles. The highest BCUT2D eigenvalue weighted by Crippen LogP contribution is 2.60. The second kappa shape index (κ2) is 4.52. The molecule has 0 N–H and O–H groups in total. The van der Waals surface area contributed by atoms with E-state index in [9.17, 15) is 0 Å². The van der Waals surface area contributed by atoms with E-state index < -0.39 is 11.6 Å². The second-order valence-corrected chi connectivity index (χ2v) is 5.78. The van der Waals surface area contributed by atoms with E-state index in [1.165, 1.54) is 0 Å². The quantitative estimate of drug-likeness (QED) is 0.668. The molecule has 3 nitrogen and oxygen atoms in total. The fourth-order valence-corrected chi connectivity index (χ4v) is 3.45. The largest absolute Gasteiger partial charge is 0.296 e. The van der Waals surface area contributed by atoms with Crippen LogP contribution in [0.2, 0.25) is 0 Å². The summed E-state index contributed by atoms with van der Waals surface area (Å²) in [6, 6.07) is 27.9. The van der Waals surface area contributed by atoms with E-state index in [0.29, 0.717) is 0 Å². The number of benzene rings is 3. The maximum Gasteiger partial charge on any atom is 0.257 e. The molecule has 3 aromatic carbocycles. The fraction of sp³-hybridized carbons (Fsp3) is 0.100. The highest BCUT2D eigenvalue weighted by atomic mass is 17.3. The van der Waals surface area contributed by atoms with Gasteiger partial charge in [0.05, 0.1) is 0 Å². The van der Waals surface area contributed by atoms with E-state index in [-0.39, 0.29) is 0 Å². The first-order valence-electron chi connectivity index (χ1n) is 7.63. The lowest BCUT2D eigenvalue weighted by Crippen LogP contribution is -2.28. The summed E-state index contributed by atoms with van der Waals surface area (Å²) in [5, 5.41) is 0. The molecule has 0 aliphatic carbocycles. The predicted octanol–water partition coefficient (Wildman–Crippen LogP) is 4.08. The molecular weight excluding hydrogens is 288 g/mol. The third-order valence-corrected chi connectivity index (χ3v) is 4.51. The SMILES string of the molecule is c1ccc(C23OO[C@](c4ccccc4)(O2)c2ccccc23)cc1. The Bertz CT molecular complexity index is 790. The monoisotopic (exact) mass is 302 g/mol. The number of ether oxygens (including phenoxy) is 1. The van der Waals surface area contributed by atoms with E-state index in [4.69, 9.17) is 14.5 Å². The summed E-state index contributed by atoms with van der Waals surface area (Å²) in [5.41, 5.74) is 3.81. The Kier molecular flexibility index (Phi) is 2.56. The fourth-order valence-electron chi connectivity index (χ4n) is 3.45. The summed E-state index contributed by atoms with van der Waals surface area (Å²) < 4.78 is 6.45. The molecule has 2 aliphatic rings. The summed E-state index contributed by atoms with van der Waals surface area (Å²) in [6.07, 6.45) is 0. The summed E-state index contributed by atoms with van der Waals surface area (Å²) in [5.74, 6) is -2.04. The van der Waals surface area contributed by atoms with Crippen molar-refractivity contribution in [3.8, 4) is 0 Å². The molecule has 2 atom stereocenters. The molecule has 2 bridgehead atoms. The summed E-state index contributed by atoms with van der Waals surface area (Å²) >= 11 is 0. The molecule has 23 heavy (non-hydrogen) atoms. The van der Waals surface area contributed by atoms with Gasteiger partial charge in [-0.2, -0.15) is 9.78 Å². The summed E-state index contributed by atoms with van der Waals surface area (Å²) in [4.78, 5) is 11.6. The van der Waals surface area contributed by atoms with Gasteiger partial charge in [0.25, 0.3) is 11.6 Å². The number of fused-ring (bicyclic) bond motifs is 5. The zero-order chi connectivity index (χ0) is 15.3. The van der Waals surface area contributed by atoms with E-state index in [2.05, 4.69) is 0 Å². The lowest BCUT2D eigenvalue weighted by Gasteiger charge is -2.26. The van der Waals surface area contributed by atoms with Gasteiger partial charge >= 0.3 is 0 Å². The molecule has 0 amide bonds. The summed E-state index contributed by atoms with van der Waals surface area (Å²) in [7, 11) is 0. The molecule has 2 aliphatic heterocycles. The molecule has 112 valence electrons. The highest BCUT2D eigenvalue weighted by molar-refractivity contribution is 5.50. The molecule has 1 saturated heterocycles. The van der Waals surface area contributed by atoms with Crippen molar-refractivity contribution in [2.24, 2.45) is 0 Å². The van der Waals surface area contributed by atoms with E-state index in [1.54, 1.807) is 0 Å². The van der Waals surface area contributed by atoms with Crippen LogP contribution in [0.1, 0.15) is 22.3 Å². The molecule has 3 aromatic rings. The zero-order valence-corrected chi connectivity index (χ0v) is 12.3. The molecule has 0 spiro atoms. The van der Waals surface area contributed by atoms with Crippen LogP contribution in [0.5, 0.6) is 0 Å². The maximum absolute atomic E-state index is 6.45. The van der Waals surface area contributed by atoms with Crippen molar-refractivity contribution in [3.05, 3.63) is 107 Å². The third-order valence-electron chi connectivity index (χ3n) is 4.51. The minimum absolute atomic E-state index is 0.919. The standard InChI is InChI=1S/C20H14O3/c1-3-9-15(10-4-1)19-17-13-7-8-14-18(17)20(21-19,23-22-19)16-11-5-2-6-12-16/h1-14H/t19-,20?/m0/s1. The van der Waals surface area contributed by atoms with Gasteiger partial charge in [0.15, 0.2) is 0 Å². The van der Waals surface area contributed by atoms with Crippen molar-refractivity contribution in [2.75, 3.05) is 0 Å². The molecule has 1 unspecified atom stereocenters. The molecule has 5 rings (SSSR count). The van der Waals surface area contributed by atoms with Gasteiger partial charge in [0.2, 0.25) is 0 Å². The highest BCUT2D eigenvalue weighted by Gasteiger charge is 2.65. The van der Waals surface area contributed by atoms with Gasteiger partial charge in [-0.25, -0.2) is 0 Å². The molecule has 0 saturated carbocycles. The van der Waals surface area contributed by atoms with Gasteiger partial charge in [0.1, 0.15) is 0 Å². The average Bonchev–Trinajstić information content (AvgIpc) is 3.19. The maximum atomic E-state index is 6.45. The predicted molar refractivity (Wildman–Crippen MR) is 84.1 cm³/mol. The van der Waals surface area contributed by atoms with Crippen LogP contribution < -0.4 is 0 Å². The number of hydrogen-bond acceptors (Lipinski definition) is 3. The van der Waals surface area contributed by atoms with Gasteiger partial charge in [-0.1, -0.05) is 84.9 Å². The van der Waals surface area contributed by atoms with Crippen molar-refractivity contribution in [1.29, 1.82) is 0 Å². The first-order chi connectivity index (χ1) is 11.4. The topological polar surface area (TPSA) is 27.7 Å². The van der Waals surface area contributed by atoms with Crippen LogP contribution in [-0.2, 0) is 26.1 Å². The lowest BCUT2D eigenvalue weighted by atomic mass is 9.90. The van der Waals surface area contributed by atoms with Crippen LogP contribution in [0.4, 0.5) is 0 Å². The minimum atomic E-state index is -1.02. The molecule has 0 radical (unpaired) electrons. The van der Waals surface area contributed by atoms with Crippen molar-refractivity contribution >= 4 is 0 Å². The van der Waals surface area contributed by atoms with Gasteiger partial charge in [-0.15, -0.1) is 0 Å². The van der Waals surface area contributed by atoms with Crippen LogP contribution >= 0.6 is 0 Å². The number of rotatable bonds is 2. The van der Waals surface area contributed by atoms with Crippen LogP contribution in [0.25, 0.3) is 0 Å². The Morgan fingerprint density at radius 2 is 0.870 bits per heavy atom. The second-order valence-electron chi connectivity index (χ2n) is 5.78. The smallest absolute Gasteiger partial charge is 0.257 e. The van der Waals surface area contributed by atoms with Gasteiger partial charge < -0.3 is 0 Å². The molecule has 1 fully saturated rings. The van der Waals surface area contributed by atoms with Crippen LogP contribution in [0.15, 0.2) is 84.9 Å². The van der Waals surface area contributed by atoms with Gasteiger partial charge in [-0.05, 0) is 0 Å². The van der Waals surface area contributed by atoms with Crippen molar-refractivity contribution in [3.63, 3.8) is 0 Å². The Balaban J connectivity index is 1.78. The summed E-state index contributed by atoms with van der Waals surface area (Å²) in [6.45, 7) is 0. The first-order valence-corrected chi connectivity index (χ1v) is 7.63. The Labute approximate surface area is 134 Å². The third kappa shape index (κ3) is 1.59. The van der Waals surface area contributed by atoms with Gasteiger partial charge in [-0.3, -0.25) is 4.74 Å². The molecule has 2 heterocycles. The Morgan fingerprint density at radius 3 is 1.30 bits per heavy atom. The van der Waals surface area contributed by atoms with Crippen LogP contribution in [-0.4, -0.2) is 0 Å². The number of hydrogen-bond donors (Lipinski definition) is 0. The van der Waals surface area contributed by atoms with Crippen molar-refractivity contribution < 1.29 is 14.5 Å². The average molecular weight is 302 g/mol. The van der Waals surface area contributed by atoms with Gasteiger partial charge in [0, 0.05) is 22.3 Å². The van der Waals surface area contributed by atoms with Crippen LogP contribution in [0.3, 0.4) is 0 Å².